The van der Waals surface area contributed by atoms with Gasteiger partial charge < -0.3 is 0 Å². The van der Waals surface area contributed by atoms with E-state index in [0.29, 0.717) is 6.42 Å². The SMILES string of the molecule is CCC[C@H](NS(=O)(=O)c1ccc(C)cc1)[C@H](Cl)c1ccccc1. The van der Waals surface area contributed by atoms with Crippen molar-refractivity contribution in [3.63, 3.8) is 0 Å². The van der Waals surface area contributed by atoms with Crippen molar-refractivity contribution in [1.29, 1.82) is 0 Å². The van der Waals surface area contributed by atoms with E-state index >= 15 is 0 Å². The van der Waals surface area contributed by atoms with Crippen molar-refractivity contribution in [2.75, 3.05) is 0 Å². The van der Waals surface area contributed by atoms with E-state index in [1.165, 1.54) is 0 Å². The first-order valence-electron chi connectivity index (χ1n) is 7.72. The molecule has 23 heavy (non-hydrogen) atoms. The first kappa shape index (κ1) is 18.0. The van der Waals surface area contributed by atoms with Crippen molar-refractivity contribution in [1.82, 2.24) is 4.72 Å². The van der Waals surface area contributed by atoms with Crippen molar-refractivity contribution in [2.24, 2.45) is 0 Å². The number of alkyl halides is 1. The van der Waals surface area contributed by atoms with Crippen LogP contribution in [0.3, 0.4) is 0 Å². The summed E-state index contributed by atoms with van der Waals surface area (Å²) in [6, 6.07) is 16.0. The summed E-state index contributed by atoms with van der Waals surface area (Å²) in [7, 11) is -3.59. The number of nitrogens with one attached hydrogen (secondary N) is 1. The van der Waals surface area contributed by atoms with Gasteiger partial charge in [-0.15, -0.1) is 11.6 Å². The molecule has 0 aliphatic heterocycles. The van der Waals surface area contributed by atoms with E-state index < -0.39 is 15.4 Å². The molecule has 0 spiro atoms. The highest BCUT2D eigenvalue weighted by Gasteiger charge is 2.26. The second kappa shape index (κ2) is 7.95. The largest absolute Gasteiger partial charge is 0.240 e. The molecule has 5 heteroatoms. The first-order valence-corrected chi connectivity index (χ1v) is 9.64. The van der Waals surface area contributed by atoms with Crippen LogP contribution in [0.1, 0.15) is 36.3 Å². The van der Waals surface area contributed by atoms with Crippen molar-refractivity contribution in [3.05, 3.63) is 65.7 Å². The number of aryl methyl sites for hydroxylation is 1. The maximum atomic E-state index is 12.6. The van der Waals surface area contributed by atoms with Gasteiger partial charge in [0.1, 0.15) is 0 Å². The second-order valence-corrected chi connectivity index (χ2v) is 7.83. The molecular formula is C18H22ClNO2S. The molecule has 0 bridgehead atoms. The summed E-state index contributed by atoms with van der Waals surface area (Å²) in [6.07, 6.45) is 1.52. The molecule has 3 nitrogen and oxygen atoms in total. The van der Waals surface area contributed by atoms with Gasteiger partial charge in [0.2, 0.25) is 10.0 Å². The number of rotatable bonds is 7. The molecule has 2 atom stereocenters. The van der Waals surface area contributed by atoms with E-state index in [0.717, 1.165) is 17.5 Å². The number of benzene rings is 2. The minimum absolute atomic E-state index is 0.265. The minimum Gasteiger partial charge on any atom is -0.207 e. The van der Waals surface area contributed by atoms with Crippen LogP contribution < -0.4 is 4.72 Å². The van der Waals surface area contributed by atoms with Crippen molar-refractivity contribution in [2.45, 2.75) is 43.0 Å². The Balaban J connectivity index is 2.23. The quantitative estimate of drug-likeness (QED) is 0.750. The van der Waals surface area contributed by atoms with E-state index in [1.807, 2.05) is 44.2 Å². The summed E-state index contributed by atoms with van der Waals surface area (Å²) in [4.78, 5) is 0.265. The summed E-state index contributed by atoms with van der Waals surface area (Å²) >= 11 is 6.54. The Kier molecular flexibility index (Phi) is 6.22. The monoisotopic (exact) mass is 351 g/mol. The highest BCUT2D eigenvalue weighted by atomic mass is 35.5. The lowest BCUT2D eigenvalue weighted by molar-refractivity contribution is 0.511. The molecule has 124 valence electrons. The third-order valence-corrected chi connectivity index (χ3v) is 5.77. The van der Waals surface area contributed by atoms with Gasteiger partial charge in [0, 0.05) is 6.04 Å². The Morgan fingerprint density at radius 2 is 1.65 bits per heavy atom. The summed E-state index contributed by atoms with van der Waals surface area (Å²) in [5, 5.41) is -0.406. The fraction of sp³-hybridized carbons (Fsp3) is 0.333. The van der Waals surface area contributed by atoms with Gasteiger partial charge in [0.25, 0.3) is 0 Å². The van der Waals surface area contributed by atoms with E-state index in [2.05, 4.69) is 4.72 Å². The first-order chi connectivity index (χ1) is 10.9. The molecule has 0 saturated carbocycles. The standard InChI is InChI=1S/C18H22ClNO2S/c1-3-7-17(18(19)15-8-5-4-6-9-15)20-23(21,22)16-12-10-14(2)11-13-16/h4-6,8-13,17-18,20H,3,7H2,1-2H3/t17-,18+/m0/s1. The Hall–Kier alpha value is -1.36. The van der Waals surface area contributed by atoms with Crippen LogP contribution in [0.15, 0.2) is 59.5 Å². The zero-order valence-corrected chi connectivity index (χ0v) is 14.9. The molecule has 0 aromatic heterocycles. The van der Waals surface area contributed by atoms with Gasteiger partial charge in [-0.3, -0.25) is 0 Å². The van der Waals surface area contributed by atoms with Crippen LogP contribution in [-0.4, -0.2) is 14.5 Å². The molecule has 0 amide bonds. The molecule has 2 rings (SSSR count). The zero-order valence-electron chi connectivity index (χ0n) is 13.4. The van der Waals surface area contributed by atoms with Crippen LogP contribution in [0.4, 0.5) is 0 Å². The Morgan fingerprint density at radius 1 is 1.04 bits per heavy atom. The van der Waals surface area contributed by atoms with E-state index in [9.17, 15) is 8.42 Å². The van der Waals surface area contributed by atoms with E-state index in [4.69, 9.17) is 11.6 Å². The molecule has 2 aromatic rings. The van der Waals surface area contributed by atoms with Crippen LogP contribution in [0.2, 0.25) is 0 Å². The van der Waals surface area contributed by atoms with E-state index in [-0.39, 0.29) is 10.9 Å². The summed E-state index contributed by atoms with van der Waals surface area (Å²) in [5.41, 5.74) is 1.94. The zero-order chi connectivity index (χ0) is 16.9. The van der Waals surface area contributed by atoms with Gasteiger partial charge in [-0.05, 0) is 31.0 Å². The number of hydrogen-bond acceptors (Lipinski definition) is 2. The highest BCUT2D eigenvalue weighted by molar-refractivity contribution is 7.89. The maximum Gasteiger partial charge on any atom is 0.240 e. The van der Waals surface area contributed by atoms with Crippen LogP contribution >= 0.6 is 11.6 Å². The molecule has 0 saturated heterocycles. The molecular weight excluding hydrogens is 330 g/mol. The van der Waals surface area contributed by atoms with Crippen LogP contribution in [-0.2, 0) is 10.0 Å². The normalized spacial score (nSPS) is 14.4. The topological polar surface area (TPSA) is 46.2 Å². The van der Waals surface area contributed by atoms with Crippen LogP contribution in [0, 0.1) is 6.92 Å². The number of halogens is 1. The fourth-order valence-electron chi connectivity index (χ4n) is 2.43. The van der Waals surface area contributed by atoms with Gasteiger partial charge in [0.05, 0.1) is 10.3 Å². The Morgan fingerprint density at radius 3 is 2.22 bits per heavy atom. The Labute approximate surface area is 143 Å². The average molecular weight is 352 g/mol. The fourth-order valence-corrected chi connectivity index (χ4v) is 4.12. The number of hydrogen-bond donors (Lipinski definition) is 1. The van der Waals surface area contributed by atoms with Gasteiger partial charge >= 0.3 is 0 Å². The third-order valence-electron chi connectivity index (χ3n) is 3.71. The van der Waals surface area contributed by atoms with Crippen molar-refractivity contribution in [3.8, 4) is 0 Å². The molecule has 0 heterocycles. The lowest BCUT2D eigenvalue weighted by Crippen LogP contribution is -2.37. The maximum absolute atomic E-state index is 12.6. The molecule has 1 N–H and O–H groups in total. The minimum atomic E-state index is -3.59. The number of sulfonamides is 1. The van der Waals surface area contributed by atoms with Crippen molar-refractivity contribution < 1.29 is 8.42 Å². The highest BCUT2D eigenvalue weighted by Crippen LogP contribution is 2.28. The predicted molar refractivity (Wildman–Crippen MR) is 95.2 cm³/mol. The van der Waals surface area contributed by atoms with E-state index in [1.54, 1.807) is 24.3 Å². The molecule has 0 radical (unpaired) electrons. The second-order valence-electron chi connectivity index (χ2n) is 5.64. The third kappa shape index (κ3) is 4.80. The summed E-state index contributed by atoms with van der Waals surface area (Å²) in [5.74, 6) is 0. The lowest BCUT2D eigenvalue weighted by Gasteiger charge is -2.23. The van der Waals surface area contributed by atoms with Crippen LogP contribution in [0.25, 0.3) is 0 Å². The Bertz CT molecular complexity index is 714. The summed E-state index contributed by atoms with van der Waals surface area (Å²) in [6.45, 7) is 3.94. The lowest BCUT2D eigenvalue weighted by atomic mass is 10.0. The van der Waals surface area contributed by atoms with Crippen LogP contribution in [0.5, 0.6) is 0 Å². The molecule has 0 aliphatic rings. The summed E-state index contributed by atoms with van der Waals surface area (Å²) < 4.78 is 28.0. The van der Waals surface area contributed by atoms with Gasteiger partial charge in [-0.2, -0.15) is 0 Å². The predicted octanol–water partition coefficient (Wildman–Crippen LogP) is 4.42. The smallest absolute Gasteiger partial charge is 0.207 e. The van der Waals surface area contributed by atoms with Gasteiger partial charge in [0.15, 0.2) is 0 Å². The van der Waals surface area contributed by atoms with Gasteiger partial charge in [-0.25, -0.2) is 13.1 Å². The molecule has 0 aliphatic carbocycles. The van der Waals surface area contributed by atoms with Gasteiger partial charge in [-0.1, -0.05) is 61.4 Å². The molecule has 0 fully saturated rings. The average Bonchev–Trinajstić information content (AvgIpc) is 2.55. The molecule has 2 aromatic carbocycles. The molecule has 0 unspecified atom stereocenters. The van der Waals surface area contributed by atoms with Crippen molar-refractivity contribution >= 4 is 21.6 Å².